The topological polar surface area (TPSA) is 76.0 Å². The summed E-state index contributed by atoms with van der Waals surface area (Å²) in [5.74, 6) is 0.330. The molecule has 3 aromatic rings. The summed E-state index contributed by atoms with van der Waals surface area (Å²) in [5, 5.41) is 6.49. The molecule has 1 aromatic heterocycles. The van der Waals surface area contributed by atoms with Crippen molar-refractivity contribution in [2.24, 2.45) is 0 Å². The highest BCUT2D eigenvalue weighted by atomic mass is 35.5. The molecule has 0 bridgehead atoms. The molecule has 30 heavy (non-hydrogen) atoms. The Hall–Kier alpha value is -2.86. The van der Waals surface area contributed by atoms with Gasteiger partial charge in [0.05, 0.1) is 27.7 Å². The molecule has 1 heterocycles. The van der Waals surface area contributed by atoms with Crippen molar-refractivity contribution in [1.82, 2.24) is 20.2 Å². The van der Waals surface area contributed by atoms with Crippen molar-refractivity contribution >= 4 is 34.4 Å². The summed E-state index contributed by atoms with van der Waals surface area (Å²) in [4.78, 5) is 30.1. The Balaban J connectivity index is 1.58. The van der Waals surface area contributed by atoms with Gasteiger partial charge in [-0.05, 0) is 44.0 Å². The molecule has 2 aromatic carbocycles. The zero-order valence-electron chi connectivity index (χ0n) is 16.9. The van der Waals surface area contributed by atoms with E-state index in [0.717, 1.165) is 36.7 Å². The number of hydrogen-bond acceptors (Lipinski definition) is 3. The monoisotopic (exact) mass is 424 g/mol. The van der Waals surface area contributed by atoms with Crippen molar-refractivity contribution in [3.05, 3.63) is 64.9 Å². The van der Waals surface area contributed by atoms with Crippen LogP contribution in [0.2, 0.25) is 5.02 Å². The van der Waals surface area contributed by atoms with Gasteiger partial charge in [0, 0.05) is 6.04 Å². The minimum Gasteiger partial charge on any atom is -0.352 e. The summed E-state index contributed by atoms with van der Waals surface area (Å²) in [6.07, 6.45) is 4.39. The first kappa shape index (κ1) is 20.4. The van der Waals surface area contributed by atoms with Crippen molar-refractivity contribution in [1.29, 1.82) is 0 Å². The molecule has 7 heteroatoms. The number of nitrogens with zero attached hydrogens (tertiary/aromatic N) is 2. The SMILES string of the molecule is CC(NC(=O)c1ccccc1Cl)c1nc2ccccc2n1CC(=O)NC1CCCC1. The van der Waals surface area contributed by atoms with E-state index >= 15 is 0 Å². The number of halogens is 1. The van der Waals surface area contributed by atoms with Gasteiger partial charge in [-0.1, -0.05) is 48.7 Å². The van der Waals surface area contributed by atoms with Crippen LogP contribution in [-0.4, -0.2) is 27.4 Å². The fourth-order valence-electron chi connectivity index (χ4n) is 4.06. The largest absolute Gasteiger partial charge is 0.352 e. The van der Waals surface area contributed by atoms with E-state index < -0.39 is 6.04 Å². The first-order valence-electron chi connectivity index (χ1n) is 10.3. The lowest BCUT2D eigenvalue weighted by Crippen LogP contribution is -2.36. The second kappa shape index (κ2) is 8.88. The standard InChI is InChI=1S/C23H25ClN4O2/c1-15(25-23(30)17-10-4-5-11-18(17)24)22-27-19-12-6-7-13-20(19)28(22)14-21(29)26-16-8-2-3-9-16/h4-7,10-13,15-16H,2-3,8-9,14H2,1H3,(H,25,30)(H,26,29). The van der Waals surface area contributed by atoms with Crippen LogP contribution in [0, 0.1) is 0 Å². The Bertz CT molecular complexity index is 1070. The minimum absolute atomic E-state index is 0.0315. The molecule has 1 fully saturated rings. The van der Waals surface area contributed by atoms with E-state index in [4.69, 9.17) is 16.6 Å². The van der Waals surface area contributed by atoms with Gasteiger partial charge in [-0.2, -0.15) is 0 Å². The first-order valence-corrected chi connectivity index (χ1v) is 10.7. The van der Waals surface area contributed by atoms with E-state index in [9.17, 15) is 9.59 Å². The number of imidazole rings is 1. The van der Waals surface area contributed by atoms with Gasteiger partial charge < -0.3 is 15.2 Å². The quantitative estimate of drug-likeness (QED) is 0.621. The van der Waals surface area contributed by atoms with Crippen LogP contribution >= 0.6 is 11.6 Å². The van der Waals surface area contributed by atoms with E-state index in [1.165, 1.54) is 0 Å². The van der Waals surface area contributed by atoms with Crippen molar-refractivity contribution in [2.45, 2.75) is 51.2 Å². The predicted octanol–water partition coefficient (Wildman–Crippen LogP) is 4.24. The molecule has 0 radical (unpaired) electrons. The number of fused-ring (bicyclic) bond motifs is 1. The average molecular weight is 425 g/mol. The summed E-state index contributed by atoms with van der Waals surface area (Å²) in [6, 6.07) is 14.5. The van der Waals surface area contributed by atoms with Crippen LogP contribution in [0.25, 0.3) is 11.0 Å². The van der Waals surface area contributed by atoms with Crippen LogP contribution < -0.4 is 10.6 Å². The van der Waals surface area contributed by atoms with E-state index in [1.54, 1.807) is 24.3 Å². The summed E-state index contributed by atoms with van der Waals surface area (Å²) in [7, 11) is 0. The lowest BCUT2D eigenvalue weighted by atomic mass is 10.2. The third-order valence-corrected chi connectivity index (χ3v) is 5.89. The smallest absolute Gasteiger partial charge is 0.253 e. The number of benzene rings is 2. The van der Waals surface area contributed by atoms with Crippen molar-refractivity contribution in [2.75, 3.05) is 0 Å². The molecule has 1 atom stereocenters. The maximum Gasteiger partial charge on any atom is 0.253 e. The van der Waals surface area contributed by atoms with Crippen LogP contribution in [-0.2, 0) is 11.3 Å². The fourth-order valence-corrected chi connectivity index (χ4v) is 4.28. The number of rotatable bonds is 6. The maximum atomic E-state index is 12.7. The van der Waals surface area contributed by atoms with E-state index in [0.29, 0.717) is 16.4 Å². The molecule has 2 N–H and O–H groups in total. The number of para-hydroxylation sites is 2. The van der Waals surface area contributed by atoms with E-state index in [2.05, 4.69) is 10.6 Å². The highest BCUT2D eigenvalue weighted by Gasteiger charge is 2.23. The molecule has 6 nitrogen and oxygen atoms in total. The van der Waals surface area contributed by atoms with Crippen LogP contribution in [0.5, 0.6) is 0 Å². The Morgan fingerprint density at radius 1 is 1.13 bits per heavy atom. The first-order chi connectivity index (χ1) is 14.5. The highest BCUT2D eigenvalue weighted by Crippen LogP contribution is 2.23. The van der Waals surface area contributed by atoms with Crippen LogP contribution in [0.15, 0.2) is 48.5 Å². The molecular formula is C23H25ClN4O2. The zero-order valence-corrected chi connectivity index (χ0v) is 17.7. The lowest BCUT2D eigenvalue weighted by Gasteiger charge is -2.18. The van der Waals surface area contributed by atoms with Crippen LogP contribution in [0.4, 0.5) is 0 Å². The van der Waals surface area contributed by atoms with Gasteiger partial charge in [0.15, 0.2) is 0 Å². The second-order valence-electron chi connectivity index (χ2n) is 7.77. The zero-order chi connectivity index (χ0) is 21.1. The molecule has 4 rings (SSSR count). The van der Waals surface area contributed by atoms with Gasteiger partial charge in [-0.15, -0.1) is 0 Å². The second-order valence-corrected chi connectivity index (χ2v) is 8.18. The average Bonchev–Trinajstić information content (AvgIpc) is 3.36. The Labute approximate surface area is 180 Å². The highest BCUT2D eigenvalue weighted by molar-refractivity contribution is 6.33. The molecule has 0 spiro atoms. The van der Waals surface area contributed by atoms with Gasteiger partial charge >= 0.3 is 0 Å². The summed E-state index contributed by atoms with van der Waals surface area (Å²) in [6.45, 7) is 2.03. The predicted molar refractivity (Wildman–Crippen MR) is 117 cm³/mol. The summed E-state index contributed by atoms with van der Waals surface area (Å²) >= 11 is 6.16. The number of hydrogen-bond donors (Lipinski definition) is 2. The van der Waals surface area contributed by atoms with E-state index in [1.807, 2.05) is 35.8 Å². The Morgan fingerprint density at radius 3 is 2.60 bits per heavy atom. The minimum atomic E-state index is -0.402. The number of carbonyl (C=O) groups is 2. The molecule has 0 aliphatic heterocycles. The van der Waals surface area contributed by atoms with Crippen LogP contribution in [0.1, 0.15) is 54.8 Å². The number of nitrogens with one attached hydrogen (secondary N) is 2. The van der Waals surface area contributed by atoms with Gasteiger partial charge in [0.25, 0.3) is 5.91 Å². The van der Waals surface area contributed by atoms with E-state index in [-0.39, 0.29) is 24.4 Å². The molecule has 1 aliphatic carbocycles. The number of aromatic nitrogens is 2. The Kier molecular flexibility index (Phi) is 6.04. The van der Waals surface area contributed by atoms with Crippen molar-refractivity contribution in [3.8, 4) is 0 Å². The molecule has 1 unspecified atom stereocenters. The Morgan fingerprint density at radius 2 is 1.83 bits per heavy atom. The lowest BCUT2D eigenvalue weighted by molar-refractivity contribution is -0.122. The van der Waals surface area contributed by atoms with Gasteiger partial charge in [0.1, 0.15) is 12.4 Å². The number of amides is 2. The maximum absolute atomic E-state index is 12.7. The normalized spacial score (nSPS) is 15.3. The molecule has 0 saturated heterocycles. The van der Waals surface area contributed by atoms with Gasteiger partial charge in [-0.25, -0.2) is 4.98 Å². The number of carbonyl (C=O) groups excluding carboxylic acids is 2. The summed E-state index contributed by atoms with van der Waals surface area (Å²) < 4.78 is 1.89. The molecule has 2 amide bonds. The summed E-state index contributed by atoms with van der Waals surface area (Å²) in [5.41, 5.74) is 2.07. The molecule has 1 saturated carbocycles. The fraction of sp³-hybridized carbons (Fsp3) is 0.348. The third-order valence-electron chi connectivity index (χ3n) is 5.56. The molecule has 1 aliphatic rings. The van der Waals surface area contributed by atoms with Crippen LogP contribution in [0.3, 0.4) is 0 Å². The van der Waals surface area contributed by atoms with Crippen molar-refractivity contribution in [3.63, 3.8) is 0 Å². The molecular weight excluding hydrogens is 400 g/mol. The van der Waals surface area contributed by atoms with Gasteiger partial charge in [-0.3, -0.25) is 9.59 Å². The van der Waals surface area contributed by atoms with Crippen molar-refractivity contribution < 1.29 is 9.59 Å². The van der Waals surface area contributed by atoms with Gasteiger partial charge in [0.2, 0.25) is 5.91 Å². The molecule has 156 valence electrons. The third kappa shape index (κ3) is 4.33.